The van der Waals surface area contributed by atoms with Crippen molar-refractivity contribution >= 4 is 11.6 Å². The molecule has 3 aromatic heterocycles. The Balaban J connectivity index is 1.77. The van der Waals surface area contributed by atoms with Gasteiger partial charge in [-0.3, -0.25) is 14.7 Å². The van der Waals surface area contributed by atoms with Crippen LogP contribution in [-0.4, -0.2) is 53.7 Å². The van der Waals surface area contributed by atoms with Gasteiger partial charge in [-0.15, -0.1) is 0 Å². The Morgan fingerprint density at radius 3 is 2.77 bits per heavy atom. The molecular formula is C16H22N8O2. The van der Waals surface area contributed by atoms with E-state index in [4.69, 9.17) is 0 Å². The normalized spacial score (nSPS) is 12.6. The lowest BCUT2D eigenvalue weighted by Crippen LogP contribution is -2.27. The number of carbonyl (C=O) groups is 1. The highest BCUT2D eigenvalue weighted by atomic mass is 16.2. The summed E-state index contributed by atoms with van der Waals surface area (Å²) in [5.41, 5.74) is 1.45. The van der Waals surface area contributed by atoms with E-state index in [1.54, 1.807) is 17.6 Å². The fraction of sp³-hybridized carbons (Fsp3) is 0.438. The molecule has 26 heavy (non-hydrogen) atoms. The number of H-pyrrole nitrogens is 2. The molecule has 3 rings (SSSR count). The summed E-state index contributed by atoms with van der Waals surface area (Å²) in [5.74, 6) is 0.0228. The predicted octanol–water partition coefficient (Wildman–Crippen LogP) is 0.474. The minimum Gasteiger partial charge on any atom is -0.342 e. The Bertz CT molecular complexity index is 952. The maximum absolute atomic E-state index is 12.5. The second-order valence-corrected chi connectivity index (χ2v) is 6.01. The summed E-state index contributed by atoms with van der Waals surface area (Å²) in [6, 6.07) is -0.460. The van der Waals surface area contributed by atoms with Crippen LogP contribution in [0.25, 0.3) is 5.65 Å². The van der Waals surface area contributed by atoms with Gasteiger partial charge >= 0.3 is 5.69 Å². The zero-order chi connectivity index (χ0) is 18.7. The number of nitrogens with zero attached hydrogens (tertiary/aromatic N) is 5. The minimum atomic E-state index is -0.460. The van der Waals surface area contributed by atoms with Gasteiger partial charge in [0.05, 0.1) is 12.2 Å². The third kappa shape index (κ3) is 3.64. The van der Waals surface area contributed by atoms with Gasteiger partial charge in [0.15, 0.2) is 11.5 Å². The van der Waals surface area contributed by atoms with Gasteiger partial charge in [0.25, 0.3) is 5.91 Å². The van der Waals surface area contributed by atoms with Crippen LogP contribution in [0.5, 0.6) is 0 Å². The molecule has 0 radical (unpaired) electrons. The third-order valence-electron chi connectivity index (χ3n) is 4.23. The number of aromatic amines is 2. The van der Waals surface area contributed by atoms with Crippen LogP contribution < -0.4 is 11.0 Å². The summed E-state index contributed by atoms with van der Waals surface area (Å²) in [4.78, 5) is 32.8. The van der Waals surface area contributed by atoms with Crippen molar-refractivity contribution in [3.8, 4) is 0 Å². The number of amides is 1. The molecule has 1 amide bonds. The van der Waals surface area contributed by atoms with Crippen molar-refractivity contribution in [2.45, 2.75) is 33.4 Å². The molecule has 10 nitrogen and oxygen atoms in total. The molecule has 0 aliphatic carbocycles. The lowest BCUT2D eigenvalue weighted by atomic mass is 10.2. The van der Waals surface area contributed by atoms with Crippen molar-refractivity contribution in [2.75, 3.05) is 13.1 Å². The zero-order valence-electron chi connectivity index (χ0n) is 15.0. The number of fused-ring (bicyclic) bond motifs is 1. The maximum atomic E-state index is 12.5. The van der Waals surface area contributed by atoms with Crippen molar-refractivity contribution in [1.82, 2.24) is 40.0 Å². The van der Waals surface area contributed by atoms with Gasteiger partial charge < -0.3 is 5.32 Å². The van der Waals surface area contributed by atoms with Crippen molar-refractivity contribution in [1.29, 1.82) is 0 Å². The predicted molar refractivity (Wildman–Crippen MR) is 94.7 cm³/mol. The van der Waals surface area contributed by atoms with E-state index in [1.807, 2.05) is 6.20 Å². The molecule has 0 bridgehead atoms. The van der Waals surface area contributed by atoms with Gasteiger partial charge in [-0.1, -0.05) is 13.8 Å². The van der Waals surface area contributed by atoms with E-state index in [9.17, 15) is 9.59 Å². The van der Waals surface area contributed by atoms with E-state index < -0.39 is 11.7 Å². The first-order valence-electron chi connectivity index (χ1n) is 8.51. The second kappa shape index (κ2) is 7.48. The SMILES string of the molecule is CCN(CC)Cc1cnc2c(C(=O)N[C@H](C)c3n[nH]c(=O)[nH]3)cnn2c1. The number of aromatic nitrogens is 6. The molecule has 0 spiro atoms. The molecule has 0 unspecified atom stereocenters. The summed E-state index contributed by atoms with van der Waals surface area (Å²) in [6.07, 6.45) is 5.13. The van der Waals surface area contributed by atoms with E-state index in [1.165, 1.54) is 6.20 Å². The topological polar surface area (TPSA) is 124 Å². The Morgan fingerprint density at radius 1 is 1.35 bits per heavy atom. The second-order valence-electron chi connectivity index (χ2n) is 6.01. The average molecular weight is 358 g/mol. The largest absolute Gasteiger partial charge is 0.342 e. The molecule has 0 aromatic carbocycles. The van der Waals surface area contributed by atoms with Crippen LogP contribution in [0.4, 0.5) is 0 Å². The van der Waals surface area contributed by atoms with Crippen LogP contribution in [0.3, 0.4) is 0 Å². The van der Waals surface area contributed by atoms with Crippen LogP contribution in [0.2, 0.25) is 0 Å². The quantitative estimate of drug-likeness (QED) is 0.564. The molecule has 0 fully saturated rings. The highest BCUT2D eigenvalue weighted by molar-refractivity contribution is 5.99. The molecule has 0 saturated carbocycles. The fourth-order valence-corrected chi connectivity index (χ4v) is 2.69. The molecule has 3 aromatic rings. The summed E-state index contributed by atoms with van der Waals surface area (Å²) in [6.45, 7) is 8.63. The first kappa shape index (κ1) is 17.8. The van der Waals surface area contributed by atoms with Gasteiger partial charge in [0, 0.05) is 24.5 Å². The average Bonchev–Trinajstić information content (AvgIpc) is 3.25. The molecule has 0 saturated heterocycles. The lowest BCUT2D eigenvalue weighted by molar-refractivity contribution is 0.0940. The Hall–Kier alpha value is -3.01. The number of hydrogen-bond acceptors (Lipinski definition) is 6. The number of carbonyl (C=O) groups excluding carboxylic acids is 1. The monoisotopic (exact) mass is 358 g/mol. The van der Waals surface area contributed by atoms with Crippen molar-refractivity contribution in [2.24, 2.45) is 0 Å². The lowest BCUT2D eigenvalue weighted by Gasteiger charge is -2.17. The van der Waals surface area contributed by atoms with Crippen molar-refractivity contribution in [3.05, 3.63) is 46.0 Å². The van der Waals surface area contributed by atoms with Crippen LogP contribution in [0, 0.1) is 0 Å². The number of rotatable bonds is 7. The molecule has 10 heteroatoms. The minimum absolute atomic E-state index is 0.333. The van der Waals surface area contributed by atoms with Crippen LogP contribution in [-0.2, 0) is 6.54 Å². The summed E-state index contributed by atoms with van der Waals surface area (Å²) >= 11 is 0. The Labute approximate surface area is 149 Å². The van der Waals surface area contributed by atoms with Crippen LogP contribution in [0.15, 0.2) is 23.4 Å². The molecular weight excluding hydrogens is 336 g/mol. The molecule has 138 valence electrons. The first-order valence-corrected chi connectivity index (χ1v) is 8.51. The van der Waals surface area contributed by atoms with Gasteiger partial charge in [-0.05, 0) is 20.0 Å². The molecule has 1 atom stereocenters. The van der Waals surface area contributed by atoms with E-state index in [-0.39, 0.29) is 5.91 Å². The molecule has 0 aliphatic rings. The molecule has 3 N–H and O–H groups in total. The van der Waals surface area contributed by atoms with Crippen LogP contribution >= 0.6 is 0 Å². The molecule has 3 heterocycles. The Kier molecular flexibility index (Phi) is 5.12. The zero-order valence-corrected chi connectivity index (χ0v) is 15.0. The van der Waals surface area contributed by atoms with E-state index in [0.29, 0.717) is 17.0 Å². The van der Waals surface area contributed by atoms with Gasteiger partial charge in [0.1, 0.15) is 5.56 Å². The summed E-state index contributed by atoms with van der Waals surface area (Å²) < 4.78 is 1.61. The van der Waals surface area contributed by atoms with Gasteiger partial charge in [-0.2, -0.15) is 10.2 Å². The fourth-order valence-electron chi connectivity index (χ4n) is 2.69. The van der Waals surface area contributed by atoms with Crippen molar-refractivity contribution in [3.63, 3.8) is 0 Å². The molecule has 0 aliphatic heterocycles. The van der Waals surface area contributed by atoms with Gasteiger partial charge in [0.2, 0.25) is 0 Å². The Morgan fingerprint density at radius 2 is 2.12 bits per heavy atom. The smallest absolute Gasteiger partial charge is 0.340 e. The number of hydrogen-bond donors (Lipinski definition) is 3. The number of nitrogens with one attached hydrogen (secondary N) is 3. The third-order valence-corrected chi connectivity index (χ3v) is 4.23. The van der Waals surface area contributed by atoms with Gasteiger partial charge in [-0.25, -0.2) is 19.4 Å². The summed E-state index contributed by atoms with van der Waals surface area (Å²) in [5, 5.41) is 13.1. The van der Waals surface area contributed by atoms with Crippen LogP contribution in [0.1, 0.15) is 48.6 Å². The van der Waals surface area contributed by atoms with E-state index >= 15 is 0 Å². The first-order chi connectivity index (χ1) is 12.5. The standard InChI is InChI=1S/C16H22N8O2/c1-4-23(5-2)8-11-6-17-14-12(7-18-24(14)9-11)15(25)19-10(3)13-20-16(26)22-21-13/h6-7,9-10H,4-5,8H2,1-3H3,(H,19,25)(H2,20,21,22,26)/t10-/m1/s1. The van der Waals surface area contributed by atoms with Crippen molar-refractivity contribution < 1.29 is 4.79 Å². The van der Waals surface area contributed by atoms with E-state index in [2.05, 4.69) is 49.3 Å². The van der Waals surface area contributed by atoms with E-state index in [0.717, 1.165) is 25.2 Å². The highest BCUT2D eigenvalue weighted by Gasteiger charge is 2.18. The maximum Gasteiger partial charge on any atom is 0.340 e. The highest BCUT2D eigenvalue weighted by Crippen LogP contribution is 2.12. The summed E-state index contributed by atoms with van der Waals surface area (Å²) in [7, 11) is 0.